The molecule has 2 aliphatic carbocycles. The number of aliphatic hydroxyl groups is 1. The van der Waals surface area contributed by atoms with E-state index < -0.39 is 0 Å². The fourth-order valence-electron chi connectivity index (χ4n) is 4.95. The van der Waals surface area contributed by atoms with Gasteiger partial charge in [-0.3, -0.25) is 5.32 Å². The third-order valence-electron chi connectivity index (χ3n) is 7.04. The summed E-state index contributed by atoms with van der Waals surface area (Å²) in [5.74, 6) is 0.607. The highest BCUT2D eigenvalue weighted by Crippen LogP contribution is 2.57. The Balaban J connectivity index is 1.41. The predicted octanol–water partition coefficient (Wildman–Crippen LogP) is 5.35. The zero-order chi connectivity index (χ0) is 23.2. The summed E-state index contributed by atoms with van der Waals surface area (Å²) in [6.07, 6.45) is 4.58. The minimum absolute atomic E-state index is 0.00333. The van der Waals surface area contributed by atoms with Crippen LogP contribution in [-0.2, 0) is 17.4 Å². The maximum Gasteiger partial charge on any atom is 0.320 e. The maximum atomic E-state index is 13.1. The molecule has 3 N–H and O–H groups in total. The van der Waals surface area contributed by atoms with Crippen LogP contribution >= 0.6 is 0 Å². The molecule has 0 unspecified atom stereocenters. The average molecular weight is 445 g/mol. The Morgan fingerprint density at radius 3 is 2.64 bits per heavy atom. The smallest absolute Gasteiger partial charge is 0.320 e. The van der Waals surface area contributed by atoms with E-state index in [-0.39, 0.29) is 24.1 Å². The van der Waals surface area contributed by atoms with Crippen LogP contribution in [0.4, 0.5) is 10.6 Å². The molecule has 0 saturated heterocycles. The Labute approximate surface area is 195 Å². The number of nitrogens with zero attached hydrogens (tertiary/aromatic N) is 2. The van der Waals surface area contributed by atoms with E-state index in [2.05, 4.69) is 55.7 Å². The van der Waals surface area contributed by atoms with E-state index in [9.17, 15) is 9.90 Å². The maximum absolute atomic E-state index is 13.1. The molecule has 2 aliphatic rings. The number of fused-ring (bicyclic) bond motifs is 2. The molecule has 0 radical (unpaired) electrons. The van der Waals surface area contributed by atoms with Crippen LogP contribution in [0.2, 0.25) is 0 Å². The van der Waals surface area contributed by atoms with Crippen LogP contribution < -0.4 is 10.6 Å². The molecule has 5 rings (SSSR count). The van der Waals surface area contributed by atoms with E-state index >= 15 is 0 Å². The second kappa shape index (κ2) is 8.03. The molecule has 3 aromatic rings. The van der Waals surface area contributed by atoms with Crippen LogP contribution in [0.25, 0.3) is 5.69 Å². The molecule has 6 heteroatoms. The van der Waals surface area contributed by atoms with Gasteiger partial charge in [-0.1, -0.05) is 57.2 Å². The van der Waals surface area contributed by atoms with Crippen LogP contribution in [-0.4, -0.2) is 20.9 Å². The number of anilines is 1. The molecule has 1 spiro atoms. The molecule has 0 aliphatic heterocycles. The molecule has 1 atom stereocenters. The van der Waals surface area contributed by atoms with E-state index in [1.54, 1.807) is 4.68 Å². The summed E-state index contributed by atoms with van der Waals surface area (Å²) < 4.78 is 1.74. The third-order valence-corrected chi connectivity index (χ3v) is 7.04. The molecule has 2 amide bonds. The SMILES string of the molecule is CC(C)(C)c1cc(NC(=O)N[C@H]2CCC3(CC3)c3ccccc32)n(-c2cccc(CO)c2)n1. The molecule has 1 heterocycles. The Morgan fingerprint density at radius 1 is 1.12 bits per heavy atom. The van der Waals surface area contributed by atoms with Crippen molar-refractivity contribution in [3.63, 3.8) is 0 Å². The average Bonchev–Trinajstić information content (AvgIpc) is 3.45. The first kappa shape index (κ1) is 21.7. The van der Waals surface area contributed by atoms with Crippen LogP contribution in [0.1, 0.15) is 74.9 Å². The third kappa shape index (κ3) is 4.15. The van der Waals surface area contributed by atoms with Crippen molar-refractivity contribution in [1.29, 1.82) is 0 Å². The van der Waals surface area contributed by atoms with Crippen LogP contribution in [0.15, 0.2) is 54.6 Å². The summed E-state index contributed by atoms with van der Waals surface area (Å²) in [5, 5.41) is 20.6. The first-order valence-electron chi connectivity index (χ1n) is 11.8. The van der Waals surface area contributed by atoms with E-state index in [0.29, 0.717) is 11.2 Å². The van der Waals surface area contributed by atoms with E-state index in [1.807, 2.05) is 30.3 Å². The molecule has 0 bridgehead atoms. The fraction of sp³-hybridized carbons (Fsp3) is 0.407. The van der Waals surface area contributed by atoms with Crippen molar-refractivity contribution in [3.8, 4) is 5.69 Å². The van der Waals surface area contributed by atoms with E-state index in [4.69, 9.17) is 5.10 Å². The van der Waals surface area contributed by atoms with Crippen molar-refractivity contribution in [2.75, 3.05) is 5.32 Å². The number of benzene rings is 2. The predicted molar refractivity (Wildman–Crippen MR) is 130 cm³/mol. The minimum atomic E-state index is -0.235. The molecular weight excluding hydrogens is 412 g/mol. The van der Waals surface area contributed by atoms with Gasteiger partial charge in [-0.15, -0.1) is 0 Å². The lowest BCUT2D eigenvalue weighted by Crippen LogP contribution is -2.36. The molecule has 6 nitrogen and oxygen atoms in total. The Morgan fingerprint density at radius 2 is 1.91 bits per heavy atom. The van der Waals surface area contributed by atoms with Gasteiger partial charge in [0.1, 0.15) is 5.82 Å². The summed E-state index contributed by atoms with van der Waals surface area (Å²) in [4.78, 5) is 13.1. The number of aliphatic hydroxyl groups excluding tert-OH is 1. The number of carbonyl (C=O) groups is 1. The Hall–Kier alpha value is -3.12. The molecule has 172 valence electrons. The zero-order valence-corrected chi connectivity index (χ0v) is 19.6. The number of hydrogen-bond acceptors (Lipinski definition) is 3. The van der Waals surface area contributed by atoms with Crippen molar-refractivity contribution in [2.45, 2.75) is 69.9 Å². The molecule has 1 aromatic heterocycles. The number of rotatable bonds is 4. The minimum Gasteiger partial charge on any atom is -0.392 e. The summed E-state index contributed by atoms with van der Waals surface area (Å²) in [7, 11) is 0. The van der Waals surface area contributed by atoms with Crippen LogP contribution in [0.3, 0.4) is 0 Å². The van der Waals surface area contributed by atoms with Gasteiger partial charge in [0.15, 0.2) is 0 Å². The summed E-state index contributed by atoms with van der Waals surface area (Å²) in [5.41, 5.74) is 5.30. The van der Waals surface area contributed by atoms with Crippen molar-refractivity contribution in [1.82, 2.24) is 15.1 Å². The summed E-state index contributed by atoms with van der Waals surface area (Å²) >= 11 is 0. The molecule has 2 aromatic carbocycles. The number of urea groups is 1. The molecule has 1 fully saturated rings. The van der Waals surface area contributed by atoms with E-state index in [0.717, 1.165) is 29.8 Å². The molecule has 1 saturated carbocycles. The quantitative estimate of drug-likeness (QED) is 0.507. The monoisotopic (exact) mass is 444 g/mol. The van der Waals surface area contributed by atoms with Crippen LogP contribution in [0.5, 0.6) is 0 Å². The second-order valence-corrected chi connectivity index (χ2v) is 10.5. The largest absolute Gasteiger partial charge is 0.392 e. The number of nitrogens with one attached hydrogen (secondary N) is 2. The number of aromatic nitrogens is 2. The fourth-order valence-corrected chi connectivity index (χ4v) is 4.95. The Kier molecular flexibility index (Phi) is 5.28. The number of hydrogen-bond donors (Lipinski definition) is 3. The van der Waals surface area contributed by atoms with Gasteiger partial charge in [0, 0.05) is 11.5 Å². The second-order valence-electron chi connectivity index (χ2n) is 10.5. The topological polar surface area (TPSA) is 79.2 Å². The zero-order valence-electron chi connectivity index (χ0n) is 19.6. The first-order valence-corrected chi connectivity index (χ1v) is 11.8. The van der Waals surface area contributed by atoms with Crippen molar-refractivity contribution in [2.24, 2.45) is 0 Å². The standard InChI is InChI=1S/C27H32N4O2/c1-26(2,3)23-16-24(31(30-23)19-8-6-7-18(15-19)17-32)29-25(33)28-22-11-12-27(13-14-27)21-10-5-4-9-20(21)22/h4-10,15-16,22,32H,11-14,17H2,1-3H3,(H2,28,29,33)/t22-/m0/s1. The normalized spacial score (nSPS) is 18.6. The lowest BCUT2D eigenvalue weighted by atomic mass is 9.78. The van der Waals surface area contributed by atoms with Gasteiger partial charge < -0.3 is 10.4 Å². The number of amides is 2. The van der Waals surface area contributed by atoms with Crippen molar-refractivity contribution in [3.05, 3.63) is 77.0 Å². The van der Waals surface area contributed by atoms with Gasteiger partial charge in [-0.2, -0.15) is 5.10 Å². The van der Waals surface area contributed by atoms with Gasteiger partial charge in [0.05, 0.1) is 24.0 Å². The summed E-state index contributed by atoms with van der Waals surface area (Å²) in [6.45, 7) is 6.24. The first-order chi connectivity index (χ1) is 15.8. The molecular formula is C27H32N4O2. The van der Waals surface area contributed by atoms with Gasteiger partial charge in [-0.05, 0) is 59.9 Å². The highest BCUT2D eigenvalue weighted by molar-refractivity contribution is 5.89. The lowest BCUT2D eigenvalue weighted by molar-refractivity contribution is 0.246. The van der Waals surface area contributed by atoms with Gasteiger partial charge in [-0.25, -0.2) is 9.48 Å². The van der Waals surface area contributed by atoms with Gasteiger partial charge in [0.2, 0.25) is 0 Å². The van der Waals surface area contributed by atoms with E-state index in [1.165, 1.54) is 24.0 Å². The number of carbonyl (C=O) groups excluding carboxylic acids is 1. The highest BCUT2D eigenvalue weighted by atomic mass is 16.3. The summed E-state index contributed by atoms with van der Waals surface area (Å²) in [6, 6.07) is 17.8. The Bertz CT molecular complexity index is 1190. The molecule has 33 heavy (non-hydrogen) atoms. The lowest BCUT2D eigenvalue weighted by Gasteiger charge is -2.32. The van der Waals surface area contributed by atoms with Crippen molar-refractivity contribution < 1.29 is 9.90 Å². The highest BCUT2D eigenvalue weighted by Gasteiger charge is 2.48. The van der Waals surface area contributed by atoms with Gasteiger partial charge in [0.25, 0.3) is 0 Å². The van der Waals surface area contributed by atoms with Crippen molar-refractivity contribution >= 4 is 11.8 Å². The van der Waals surface area contributed by atoms with Crippen LogP contribution in [0, 0.1) is 0 Å². The van der Waals surface area contributed by atoms with Gasteiger partial charge >= 0.3 is 6.03 Å².